The van der Waals surface area contributed by atoms with Gasteiger partial charge in [0, 0.05) is 11.1 Å². The highest BCUT2D eigenvalue weighted by atomic mass is 16.5. The minimum atomic E-state index is 0.678. The summed E-state index contributed by atoms with van der Waals surface area (Å²) in [5.74, 6) is 1.45. The molecule has 0 saturated heterocycles. The van der Waals surface area contributed by atoms with Gasteiger partial charge in [0.05, 0.1) is 13.1 Å². The van der Waals surface area contributed by atoms with Crippen molar-refractivity contribution in [3.63, 3.8) is 0 Å². The molecule has 0 N–H and O–H groups in total. The summed E-state index contributed by atoms with van der Waals surface area (Å²) >= 11 is 0. The molecule has 4 nitrogen and oxygen atoms in total. The van der Waals surface area contributed by atoms with Crippen molar-refractivity contribution in [2.75, 3.05) is 26.3 Å². The zero-order valence-electron chi connectivity index (χ0n) is 12.3. The molecular formula is C18H18N2O2. The van der Waals surface area contributed by atoms with Crippen LogP contribution >= 0.6 is 0 Å². The lowest BCUT2D eigenvalue weighted by Gasteiger charge is -2.05. The van der Waals surface area contributed by atoms with Gasteiger partial charge in [-0.1, -0.05) is 42.5 Å². The number of hydrogen-bond acceptors (Lipinski definition) is 4. The fourth-order valence-corrected chi connectivity index (χ4v) is 2.19. The van der Waals surface area contributed by atoms with Crippen molar-refractivity contribution in [2.45, 2.75) is 0 Å². The van der Waals surface area contributed by atoms with Crippen molar-refractivity contribution in [1.29, 1.82) is 0 Å². The van der Waals surface area contributed by atoms with E-state index in [1.165, 1.54) is 0 Å². The Morgan fingerprint density at radius 1 is 0.636 bits per heavy atom. The van der Waals surface area contributed by atoms with Gasteiger partial charge in [0.2, 0.25) is 11.8 Å². The van der Waals surface area contributed by atoms with Crippen molar-refractivity contribution < 1.29 is 9.47 Å². The second-order valence-corrected chi connectivity index (χ2v) is 4.81. The predicted molar refractivity (Wildman–Crippen MR) is 87.6 cm³/mol. The van der Waals surface area contributed by atoms with Crippen LogP contribution in [0.4, 0.5) is 0 Å². The lowest BCUT2D eigenvalue weighted by molar-refractivity contribution is 0.347. The smallest absolute Gasteiger partial charge is 0.216 e. The van der Waals surface area contributed by atoms with Gasteiger partial charge in [-0.25, -0.2) is 9.98 Å². The van der Waals surface area contributed by atoms with Gasteiger partial charge in [0.15, 0.2) is 0 Å². The average molecular weight is 294 g/mol. The van der Waals surface area contributed by atoms with Crippen LogP contribution in [0.25, 0.3) is 0 Å². The second-order valence-electron chi connectivity index (χ2n) is 4.81. The molecule has 2 aliphatic rings. The average Bonchev–Trinajstić information content (AvgIpc) is 3.31. The normalized spacial score (nSPS) is 15.8. The molecule has 0 bridgehead atoms. The molecule has 22 heavy (non-hydrogen) atoms. The first-order chi connectivity index (χ1) is 10.9. The minimum Gasteiger partial charge on any atom is -0.476 e. The zero-order valence-corrected chi connectivity index (χ0v) is 12.3. The van der Waals surface area contributed by atoms with E-state index in [1.807, 2.05) is 60.7 Å². The molecule has 0 spiro atoms. The summed E-state index contributed by atoms with van der Waals surface area (Å²) in [6.07, 6.45) is 0. The number of benzene rings is 2. The van der Waals surface area contributed by atoms with E-state index in [-0.39, 0.29) is 0 Å². The molecule has 4 rings (SSSR count). The number of ether oxygens (including phenoxy) is 2. The molecule has 2 aliphatic heterocycles. The van der Waals surface area contributed by atoms with Gasteiger partial charge in [-0.15, -0.1) is 0 Å². The van der Waals surface area contributed by atoms with Crippen molar-refractivity contribution in [3.05, 3.63) is 71.8 Å². The third kappa shape index (κ3) is 3.73. The minimum absolute atomic E-state index is 0.678. The van der Waals surface area contributed by atoms with Gasteiger partial charge >= 0.3 is 0 Å². The third-order valence-corrected chi connectivity index (χ3v) is 3.19. The maximum atomic E-state index is 5.43. The Morgan fingerprint density at radius 2 is 1.09 bits per heavy atom. The highest BCUT2D eigenvalue weighted by Crippen LogP contribution is 2.13. The molecule has 0 saturated carbocycles. The van der Waals surface area contributed by atoms with E-state index in [2.05, 4.69) is 9.98 Å². The van der Waals surface area contributed by atoms with Gasteiger partial charge in [0.1, 0.15) is 13.2 Å². The molecule has 0 fully saturated rings. The number of aliphatic imine (C=N–C) groups is 2. The summed E-state index contributed by atoms with van der Waals surface area (Å²) in [4.78, 5) is 8.57. The first-order valence-corrected chi connectivity index (χ1v) is 7.39. The number of nitrogens with zero attached hydrogens (tertiary/aromatic N) is 2. The van der Waals surface area contributed by atoms with Gasteiger partial charge in [-0.2, -0.15) is 0 Å². The van der Waals surface area contributed by atoms with Crippen LogP contribution in [-0.4, -0.2) is 38.1 Å². The molecule has 2 aromatic rings. The van der Waals surface area contributed by atoms with E-state index in [1.54, 1.807) is 0 Å². The van der Waals surface area contributed by atoms with Crippen LogP contribution in [0.2, 0.25) is 0 Å². The van der Waals surface area contributed by atoms with Crippen LogP contribution in [0.1, 0.15) is 11.1 Å². The van der Waals surface area contributed by atoms with E-state index < -0.39 is 0 Å². The molecule has 112 valence electrons. The topological polar surface area (TPSA) is 43.2 Å². The van der Waals surface area contributed by atoms with Crippen LogP contribution in [0, 0.1) is 0 Å². The summed E-state index contributed by atoms with van der Waals surface area (Å²) in [5.41, 5.74) is 1.99. The van der Waals surface area contributed by atoms with Gasteiger partial charge in [0.25, 0.3) is 0 Å². The largest absolute Gasteiger partial charge is 0.476 e. The van der Waals surface area contributed by atoms with Crippen molar-refractivity contribution >= 4 is 11.8 Å². The Balaban J connectivity index is 0.000000202. The molecule has 4 heteroatoms. The Bertz CT molecular complexity index is 600. The van der Waals surface area contributed by atoms with Crippen LogP contribution in [0.15, 0.2) is 70.6 Å². The highest BCUT2D eigenvalue weighted by Gasteiger charge is 2.14. The van der Waals surface area contributed by atoms with Crippen LogP contribution < -0.4 is 0 Å². The molecular weight excluding hydrogens is 276 g/mol. The van der Waals surface area contributed by atoms with Crippen molar-refractivity contribution in [1.82, 2.24) is 0 Å². The van der Waals surface area contributed by atoms with Gasteiger partial charge in [-0.3, -0.25) is 0 Å². The molecule has 2 aromatic carbocycles. The molecule has 0 amide bonds. The Labute approximate surface area is 130 Å². The lowest BCUT2D eigenvalue weighted by atomic mass is 10.1. The standard InChI is InChI=1S/C12H12N2O2.C6H6/c1-2-9(11-13-4-6-15-11)8-10(3-1)12-14-5-7-16-12;1-2-4-6-5-3-1/h1-3,8H,4-7H2;1-6H. The molecule has 0 radical (unpaired) electrons. The molecule has 0 aliphatic carbocycles. The Kier molecular flexibility index (Phi) is 4.82. The summed E-state index contributed by atoms with van der Waals surface area (Å²) < 4.78 is 10.9. The summed E-state index contributed by atoms with van der Waals surface area (Å²) in [5, 5.41) is 0. The lowest BCUT2D eigenvalue weighted by Crippen LogP contribution is -2.05. The summed E-state index contributed by atoms with van der Waals surface area (Å²) in [7, 11) is 0. The first kappa shape index (κ1) is 14.3. The highest BCUT2D eigenvalue weighted by molar-refractivity contribution is 6.00. The van der Waals surface area contributed by atoms with E-state index in [0.29, 0.717) is 13.2 Å². The number of rotatable bonds is 2. The third-order valence-electron chi connectivity index (χ3n) is 3.19. The van der Waals surface area contributed by atoms with Crippen molar-refractivity contribution in [2.24, 2.45) is 9.98 Å². The fraction of sp³-hybridized carbons (Fsp3) is 0.222. The number of hydrogen-bond donors (Lipinski definition) is 0. The Hall–Kier alpha value is -2.62. The predicted octanol–water partition coefficient (Wildman–Crippen LogP) is 2.93. The second kappa shape index (κ2) is 7.41. The van der Waals surface area contributed by atoms with Crippen LogP contribution in [-0.2, 0) is 9.47 Å². The SMILES string of the molecule is c1cc(C2=NCCO2)cc(C2=NCCO2)c1.c1ccccc1. The van der Waals surface area contributed by atoms with Crippen molar-refractivity contribution in [3.8, 4) is 0 Å². The molecule has 0 atom stereocenters. The quantitative estimate of drug-likeness (QED) is 0.854. The fourth-order valence-electron chi connectivity index (χ4n) is 2.19. The van der Waals surface area contributed by atoms with E-state index >= 15 is 0 Å². The molecule has 2 heterocycles. The Morgan fingerprint density at radius 3 is 1.45 bits per heavy atom. The molecule has 0 aromatic heterocycles. The summed E-state index contributed by atoms with van der Waals surface area (Å²) in [6, 6.07) is 20.0. The summed E-state index contributed by atoms with van der Waals surface area (Å²) in [6.45, 7) is 2.85. The molecule has 0 unspecified atom stereocenters. The van der Waals surface area contributed by atoms with Crippen LogP contribution in [0.3, 0.4) is 0 Å². The van der Waals surface area contributed by atoms with Gasteiger partial charge in [-0.05, 0) is 18.2 Å². The van der Waals surface area contributed by atoms with E-state index in [0.717, 1.165) is 36.0 Å². The van der Waals surface area contributed by atoms with E-state index in [9.17, 15) is 0 Å². The van der Waals surface area contributed by atoms with Crippen LogP contribution in [0.5, 0.6) is 0 Å². The van der Waals surface area contributed by atoms with Gasteiger partial charge < -0.3 is 9.47 Å². The monoisotopic (exact) mass is 294 g/mol. The van der Waals surface area contributed by atoms with E-state index in [4.69, 9.17) is 9.47 Å². The first-order valence-electron chi connectivity index (χ1n) is 7.39. The maximum Gasteiger partial charge on any atom is 0.216 e. The zero-order chi connectivity index (χ0) is 15.0. The maximum absolute atomic E-state index is 5.43.